The first-order chi connectivity index (χ1) is 11.8. The van der Waals surface area contributed by atoms with Crippen molar-refractivity contribution in [2.75, 3.05) is 6.61 Å². The Morgan fingerprint density at radius 3 is 2.28 bits per heavy atom. The van der Waals surface area contributed by atoms with E-state index in [1.165, 1.54) is 25.7 Å². The van der Waals surface area contributed by atoms with E-state index in [1.807, 2.05) is 12.1 Å². The van der Waals surface area contributed by atoms with Gasteiger partial charge in [0.15, 0.2) is 0 Å². The van der Waals surface area contributed by atoms with Gasteiger partial charge in [0, 0.05) is 5.75 Å². The van der Waals surface area contributed by atoms with Gasteiger partial charge in [-0.15, -0.1) is 11.8 Å². The summed E-state index contributed by atoms with van der Waals surface area (Å²) in [4.78, 5) is 12.5. The number of unbranched alkanes of at least 4 members (excludes halogenated alkanes) is 5. The Morgan fingerprint density at radius 1 is 1.08 bits per heavy atom. The Labute approximate surface area is 157 Å². The number of esters is 1. The van der Waals surface area contributed by atoms with Crippen LogP contribution in [0.4, 0.5) is 0 Å². The molecule has 1 rings (SSSR count). The second-order valence-corrected chi connectivity index (χ2v) is 8.75. The van der Waals surface area contributed by atoms with Gasteiger partial charge >= 0.3 is 5.97 Å². The standard InChI is InChI=1S/C21H34O3S/c1-5-6-7-8-9-10-15-24-20(23)19(21(2,3)4)25-16-17-11-13-18(22)14-12-17/h11-14,19,22H,5-10,15-16H2,1-4H3. The van der Waals surface area contributed by atoms with Gasteiger partial charge in [0.2, 0.25) is 0 Å². The topological polar surface area (TPSA) is 46.5 Å². The Morgan fingerprint density at radius 2 is 1.68 bits per heavy atom. The van der Waals surface area contributed by atoms with Crippen molar-refractivity contribution < 1.29 is 14.6 Å². The first-order valence-corrected chi connectivity index (χ1v) is 10.5. The summed E-state index contributed by atoms with van der Waals surface area (Å²) in [6, 6.07) is 7.14. The van der Waals surface area contributed by atoms with E-state index in [1.54, 1.807) is 23.9 Å². The van der Waals surface area contributed by atoms with Crippen LogP contribution in [-0.4, -0.2) is 22.9 Å². The first-order valence-electron chi connectivity index (χ1n) is 9.40. The summed E-state index contributed by atoms with van der Waals surface area (Å²) < 4.78 is 5.54. The zero-order valence-electron chi connectivity index (χ0n) is 16.2. The zero-order chi connectivity index (χ0) is 18.7. The van der Waals surface area contributed by atoms with Gasteiger partial charge in [0.05, 0.1) is 6.61 Å². The predicted molar refractivity (Wildman–Crippen MR) is 107 cm³/mol. The molecule has 25 heavy (non-hydrogen) atoms. The maximum atomic E-state index is 12.5. The molecule has 0 spiro atoms. The van der Waals surface area contributed by atoms with E-state index in [-0.39, 0.29) is 22.4 Å². The molecule has 3 nitrogen and oxygen atoms in total. The lowest BCUT2D eigenvalue weighted by molar-refractivity contribution is -0.145. The van der Waals surface area contributed by atoms with E-state index in [2.05, 4.69) is 27.7 Å². The van der Waals surface area contributed by atoms with Crippen LogP contribution in [0.15, 0.2) is 24.3 Å². The largest absolute Gasteiger partial charge is 0.508 e. The van der Waals surface area contributed by atoms with Crippen LogP contribution in [-0.2, 0) is 15.3 Å². The lowest BCUT2D eigenvalue weighted by atomic mass is 9.92. The van der Waals surface area contributed by atoms with Crippen molar-refractivity contribution in [1.29, 1.82) is 0 Å². The molecule has 142 valence electrons. The van der Waals surface area contributed by atoms with Crippen LogP contribution >= 0.6 is 11.8 Å². The third-order valence-corrected chi connectivity index (χ3v) is 5.83. The van der Waals surface area contributed by atoms with Crippen LogP contribution < -0.4 is 0 Å². The molecule has 1 N–H and O–H groups in total. The quantitative estimate of drug-likeness (QED) is 0.389. The number of phenolic OH excluding ortho intramolecular Hbond substituents is 1. The number of hydrogen-bond acceptors (Lipinski definition) is 4. The highest BCUT2D eigenvalue weighted by atomic mass is 32.2. The Kier molecular flexibility index (Phi) is 10.0. The Balaban J connectivity index is 2.41. The van der Waals surface area contributed by atoms with Crippen molar-refractivity contribution in [3.63, 3.8) is 0 Å². The molecule has 1 aromatic carbocycles. The van der Waals surface area contributed by atoms with Crippen molar-refractivity contribution in [3.8, 4) is 5.75 Å². The van der Waals surface area contributed by atoms with Crippen LogP contribution in [0.5, 0.6) is 5.75 Å². The van der Waals surface area contributed by atoms with Crippen LogP contribution in [0.25, 0.3) is 0 Å². The van der Waals surface area contributed by atoms with Gasteiger partial charge in [0.1, 0.15) is 11.0 Å². The Hall–Kier alpha value is -1.16. The summed E-state index contributed by atoms with van der Waals surface area (Å²) in [6.07, 6.45) is 7.13. The summed E-state index contributed by atoms with van der Waals surface area (Å²) in [5, 5.41) is 9.17. The average Bonchev–Trinajstić information content (AvgIpc) is 2.54. The Bertz CT molecular complexity index is 491. The van der Waals surface area contributed by atoms with Crippen molar-refractivity contribution in [2.45, 2.75) is 77.2 Å². The van der Waals surface area contributed by atoms with Crippen molar-refractivity contribution in [2.24, 2.45) is 5.41 Å². The van der Waals surface area contributed by atoms with Crippen LogP contribution in [0.1, 0.15) is 71.8 Å². The molecule has 0 heterocycles. The monoisotopic (exact) mass is 366 g/mol. The number of rotatable bonds is 11. The molecule has 0 saturated heterocycles. The smallest absolute Gasteiger partial charge is 0.319 e. The van der Waals surface area contributed by atoms with Gasteiger partial charge in [-0.1, -0.05) is 71.9 Å². The molecule has 0 aliphatic carbocycles. The molecular formula is C21H34O3S. The van der Waals surface area contributed by atoms with Gasteiger partial charge in [-0.2, -0.15) is 0 Å². The molecule has 0 aliphatic heterocycles. The molecule has 0 aliphatic rings. The minimum absolute atomic E-state index is 0.107. The van der Waals surface area contributed by atoms with Gasteiger partial charge in [-0.25, -0.2) is 0 Å². The third kappa shape index (κ3) is 9.20. The fourth-order valence-electron chi connectivity index (χ4n) is 2.57. The fraction of sp³-hybridized carbons (Fsp3) is 0.667. The van der Waals surface area contributed by atoms with E-state index in [0.717, 1.165) is 24.2 Å². The summed E-state index contributed by atoms with van der Waals surface area (Å²) in [6.45, 7) is 8.97. The number of thioether (sulfide) groups is 1. The second kappa shape index (κ2) is 11.5. The van der Waals surface area contributed by atoms with E-state index < -0.39 is 0 Å². The van der Waals surface area contributed by atoms with Gasteiger partial charge in [-0.3, -0.25) is 4.79 Å². The number of carbonyl (C=O) groups excluding carboxylic acids is 1. The number of carbonyl (C=O) groups is 1. The van der Waals surface area contributed by atoms with E-state index in [4.69, 9.17) is 4.74 Å². The number of phenols is 1. The van der Waals surface area contributed by atoms with E-state index in [9.17, 15) is 9.90 Å². The lowest BCUT2D eigenvalue weighted by Crippen LogP contribution is -2.33. The maximum Gasteiger partial charge on any atom is 0.319 e. The third-order valence-electron chi connectivity index (χ3n) is 4.10. The highest BCUT2D eigenvalue weighted by Crippen LogP contribution is 2.33. The predicted octanol–water partition coefficient (Wildman–Crippen LogP) is 5.94. The number of aromatic hydroxyl groups is 1. The number of benzene rings is 1. The van der Waals surface area contributed by atoms with Crippen molar-refractivity contribution >= 4 is 17.7 Å². The highest BCUT2D eigenvalue weighted by Gasteiger charge is 2.33. The van der Waals surface area contributed by atoms with E-state index >= 15 is 0 Å². The molecule has 1 atom stereocenters. The summed E-state index contributed by atoms with van der Waals surface area (Å²) in [7, 11) is 0. The molecular weight excluding hydrogens is 332 g/mol. The average molecular weight is 367 g/mol. The summed E-state index contributed by atoms with van der Waals surface area (Å²) >= 11 is 1.61. The fourth-order valence-corrected chi connectivity index (χ4v) is 3.83. The molecule has 0 aromatic heterocycles. The minimum Gasteiger partial charge on any atom is -0.508 e. The summed E-state index contributed by atoms with van der Waals surface area (Å²) in [5.74, 6) is 0.887. The molecule has 0 fully saturated rings. The zero-order valence-corrected chi connectivity index (χ0v) is 17.0. The second-order valence-electron chi connectivity index (χ2n) is 7.66. The minimum atomic E-state index is -0.193. The van der Waals surface area contributed by atoms with Crippen molar-refractivity contribution in [3.05, 3.63) is 29.8 Å². The normalized spacial score (nSPS) is 12.8. The highest BCUT2D eigenvalue weighted by molar-refractivity contribution is 7.99. The molecule has 0 bridgehead atoms. The van der Waals surface area contributed by atoms with E-state index in [0.29, 0.717) is 6.61 Å². The molecule has 1 unspecified atom stereocenters. The molecule has 0 saturated carbocycles. The van der Waals surface area contributed by atoms with Gasteiger partial charge < -0.3 is 9.84 Å². The lowest BCUT2D eigenvalue weighted by Gasteiger charge is -2.28. The van der Waals surface area contributed by atoms with Crippen LogP contribution in [0.3, 0.4) is 0 Å². The first kappa shape index (κ1) is 21.9. The summed E-state index contributed by atoms with van der Waals surface area (Å²) in [5.41, 5.74) is 0.945. The van der Waals surface area contributed by atoms with Crippen LogP contribution in [0, 0.1) is 5.41 Å². The SMILES string of the molecule is CCCCCCCCOC(=O)C(SCc1ccc(O)cc1)C(C)(C)C. The van der Waals surface area contributed by atoms with Crippen LogP contribution in [0.2, 0.25) is 0 Å². The number of ether oxygens (including phenoxy) is 1. The molecule has 1 aromatic rings. The van der Waals surface area contributed by atoms with Gasteiger partial charge in [0.25, 0.3) is 0 Å². The molecule has 4 heteroatoms. The molecule has 0 radical (unpaired) electrons. The van der Waals surface area contributed by atoms with Crippen molar-refractivity contribution in [1.82, 2.24) is 0 Å². The van der Waals surface area contributed by atoms with Gasteiger partial charge in [-0.05, 0) is 29.5 Å². The number of hydrogen-bond donors (Lipinski definition) is 1. The maximum absolute atomic E-state index is 12.5. The molecule has 0 amide bonds.